The molecule has 0 bridgehead atoms. The molecule has 136 valence electrons. The SMILES string of the molecule is CCOc1c(Cl)cc(CNC(=O)c2cc(CC(C)C)[nH]n2)cc1OC. The quantitative estimate of drug-likeness (QED) is 0.749. The van der Waals surface area contributed by atoms with Gasteiger partial charge in [0.05, 0.1) is 18.7 Å². The highest BCUT2D eigenvalue weighted by molar-refractivity contribution is 6.32. The number of rotatable bonds is 8. The number of carbonyl (C=O) groups excluding carboxylic acids is 1. The van der Waals surface area contributed by atoms with Crippen molar-refractivity contribution in [2.75, 3.05) is 13.7 Å². The first kappa shape index (κ1) is 19.1. The normalized spacial score (nSPS) is 10.8. The van der Waals surface area contributed by atoms with Gasteiger partial charge in [-0.1, -0.05) is 25.4 Å². The molecule has 0 saturated heterocycles. The zero-order valence-corrected chi connectivity index (χ0v) is 15.7. The van der Waals surface area contributed by atoms with Crippen LogP contribution in [0.4, 0.5) is 0 Å². The van der Waals surface area contributed by atoms with Crippen molar-refractivity contribution in [3.63, 3.8) is 0 Å². The van der Waals surface area contributed by atoms with Crippen LogP contribution in [0.3, 0.4) is 0 Å². The van der Waals surface area contributed by atoms with Crippen LogP contribution in [-0.4, -0.2) is 29.8 Å². The Morgan fingerprint density at radius 3 is 2.76 bits per heavy atom. The molecule has 0 saturated carbocycles. The maximum absolute atomic E-state index is 12.2. The minimum atomic E-state index is -0.241. The van der Waals surface area contributed by atoms with E-state index in [1.54, 1.807) is 25.3 Å². The summed E-state index contributed by atoms with van der Waals surface area (Å²) in [6.45, 7) is 6.91. The van der Waals surface area contributed by atoms with Crippen molar-refractivity contribution >= 4 is 17.5 Å². The lowest BCUT2D eigenvalue weighted by Gasteiger charge is -2.13. The highest BCUT2D eigenvalue weighted by Crippen LogP contribution is 2.36. The van der Waals surface area contributed by atoms with Crippen molar-refractivity contribution in [1.29, 1.82) is 0 Å². The predicted octanol–water partition coefficient (Wildman–Crippen LogP) is 3.60. The summed E-state index contributed by atoms with van der Waals surface area (Å²) in [4.78, 5) is 12.2. The van der Waals surface area contributed by atoms with Gasteiger partial charge in [0.2, 0.25) is 0 Å². The van der Waals surface area contributed by atoms with Gasteiger partial charge in [0, 0.05) is 12.2 Å². The second-order valence-electron chi connectivity index (χ2n) is 6.10. The molecular formula is C18H24ClN3O3. The number of H-pyrrole nitrogens is 1. The molecule has 7 heteroatoms. The van der Waals surface area contributed by atoms with Crippen LogP contribution in [0.5, 0.6) is 11.5 Å². The molecule has 0 radical (unpaired) electrons. The molecule has 0 aliphatic rings. The molecule has 0 unspecified atom stereocenters. The first-order valence-corrected chi connectivity index (χ1v) is 8.64. The molecule has 1 aromatic heterocycles. The Balaban J connectivity index is 2.04. The van der Waals surface area contributed by atoms with Gasteiger partial charge in [-0.2, -0.15) is 5.10 Å². The number of aromatic nitrogens is 2. The summed E-state index contributed by atoms with van der Waals surface area (Å²) in [6.07, 6.45) is 0.853. The number of halogens is 1. The first-order valence-electron chi connectivity index (χ1n) is 8.26. The van der Waals surface area contributed by atoms with Gasteiger partial charge in [0.15, 0.2) is 11.5 Å². The number of aromatic amines is 1. The Kier molecular flexibility index (Phi) is 6.70. The van der Waals surface area contributed by atoms with E-state index in [4.69, 9.17) is 21.1 Å². The third kappa shape index (κ3) is 5.13. The number of hydrogen-bond donors (Lipinski definition) is 2. The summed E-state index contributed by atoms with van der Waals surface area (Å²) in [5.74, 6) is 1.30. The highest BCUT2D eigenvalue weighted by Gasteiger charge is 2.14. The first-order chi connectivity index (χ1) is 11.9. The highest BCUT2D eigenvalue weighted by atomic mass is 35.5. The molecule has 0 aliphatic heterocycles. The van der Waals surface area contributed by atoms with Crippen LogP contribution in [0.1, 0.15) is 42.5 Å². The van der Waals surface area contributed by atoms with E-state index in [1.165, 1.54) is 0 Å². The average molecular weight is 366 g/mol. The topological polar surface area (TPSA) is 76.2 Å². The molecule has 2 rings (SSSR count). The molecule has 2 N–H and O–H groups in total. The summed E-state index contributed by atoms with van der Waals surface area (Å²) in [5, 5.41) is 10.2. The number of nitrogens with one attached hydrogen (secondary N) is 2. The van der Waals surface area contributed by atoms with E-state index in [-0.39, 0.29) is 5.91 Å². The Labute approximate surface area is 152 Å². The lowest BCUT2D eigenvalue weighted by molar-refractivity contribution is 0.0946. The summed E-state index contributed by atoms with van der Waals surface area (Å²) >= 11 is 6.24. The predicted molar refractivity (Wildman–Crippen MR) is 97.5 cm³/mol. The Bertz CT molecular complexity index is 728. The van der Waals surface area contributed by atoms with Crippen molar-refractivity contribution < 1.29 is 14.3 Å². The summed E-state index contributed by atoms with van der Waals surface area (Å²) in [5.41, 5.74) is 2.14. The van der Waals surface area contributed by atoms with E-state index < -0.39 is 0 Å². The van der Waals surface area contributed by atoms with Crippen LogP contribution in [-0.2, 0) is 13.0 Å². The largest absolute Gasteiger partial charge is 0.493 e. The third-order valence-electron chi connectivity index (χ3n) is 3.52. The van der Waals surface area contributed by atoms with E-state index in [1.807, 2.05) is 6.92 Å². The van der Waals surface area contributed by atoms with E-state index in [0.717, 1.165) is 17.7 Å². The molecule has 0 fully saturated rings. The third-order valence-corrected chi connectivity index (χ3v) is 3.80. The van der Waals surface area contributed by atoms with E-state index >= 15 is 0 Å². The van der Waals surface area contributed by atoms with Gasteiger partial charge in [0.25, 0.3) is 5.91 Å². The van der Waals surface area contributed by atoms with Gasteiger partial charge < -0.3 is 14.8 Å². The van der Waals surface area contributed by atoms with Crippen molar-refractivity contribution in [2.24, 2.45) is 5.92 Å². The standard InChI is InChI=1S/C18H24ClN3O3/c1-5-25-17-14(19)7-12(8-16(17)24-4)10-20-18(23)15-9-13(21-22-15)6-11(2)3/h7-9,11H,5-6,10H2,1-4H3,(H,20,23)(H,21,22). The van der Waals surface area contributed by atoms with Gasteiger partial charge in [-0.15, -0.1) is 0 Å². The van der Waals surface area contributed by atoms with Crippen molar-refractivity contribution in [3.8, 4) is 11.5 Å². The minimum Gasteiger partial charge on any atom is -0.493 e. The molecule has 6 nitrogen and oxygen atoms in total. The molecule has 1 amide bonds. The number of hydrogen-bond acceptors (Lipinski definition) is 4. The van der Waals surface area contributed by atoms with Crippen molar-refractivity contribution in [1.82, 2.24) is 15.5 Å². The number of benzene rings is 1. The van der Waals surface area contributed by atoms with Gasteiger partial charge in [-0.05, 0) is 43.0 Å². The summed E-state index contributed by atoms with van der Waals surface area (Å²) < 4.78 is 10.8. The van der Waals surface area contributed by atoms with Crippen molar-refractivity contribution in [2.45, 2.75) is 33.7 Å². The smallest absolute Gasteiger partial charge is 0.272 e. The van der Waals surface area contributed by atoms with Gasteiger partial charge >= 0.3 is 0 Å². The maximum atomic E-state index is 12.2. The fraction of sp³-hybridized carbons (Fsp3) is 0.444. The average Bonchev–Trinajstić information content (AvgIpc) is 3.02. The van der Waals surface area contributed by atoms with Crippen LogP contribution in [0.15, 0.2) is 18.2 Å². The van der Waals surface area contributed by atoms with Crippen LogP contribution in [0.25, 0.3) is 0 Å². The molecule has 1 aromatic carbocycles. The van der Waals surface area contributed by atoms with Crippen LogP contribution < -0.4 is 14.8 Å². The Morgan fingerprint density at radius 1 is 1.36 bits per heavy atom. The van der Waals surface area contributed by atoms with Crippen LogP contribution >= 0.6 is 11.6 Å². The number of methoxy groups -OCH3 is 1. The minimum absolute atomic E-state index is 0.241. The molecular weight excluding hydrogens is 342 g/mol. The Morgan fingerprint density at radius 2 is 2.12 bits per heavy atom. The van der Waals surface area contributed by atoms with Gasteiger partial charge in [-0.25, -0.2) is 0 Å². The van der Waals surface area contributed by atoms with Gasteiger partial charge in [-0.3, -0.25) is 9.89 Å². The van der Waals surface area contributed by atoms with E-state index in [0.29, 0.717) is 41.3 Å². The molecule has 25 heavy (non-hydrogen) atoms. The molecule has 0 spiro atoms. The Hall–Kier alpha value is -2.21. The van der Waals surface area contributed by atoms with Crippen molar-refractivity contribution in [3.05, 3.63) is 40.2 Å². The number of carbonyl (C=O) groups is 1. The zero-order chi connectivity index (χ0) is 18.4. The maximum Gasteiger partial charge on any atom is 0.272 e. The van der Waals surface area contributed by atoms with E-state index in [9.17, 15) is 4.79 Å². The number of ether oxygens (including phenoxy) is 2. The molecule has 1 heterocycles. The molecule has 0 aliphatic carbocycles. The number of nitrogens with zero attached hydrogens (tertiary/aromatic N) is 1. The second kappa shape index (κ2) is 8.76. The fourth-order valence-corrected chi connectivity index (χ4v) is 2.74. The summed E-state index contributed by atoms with van der Waals surface area (Å²) in [6, 6.07) is 5.33. The zero-order valence-electron chi connectivity index (χ0n) is 15.0. The van der Waals surface area contributed by atoms with Gasteiger partial charge in [0.1, 0.15) is 5.69 Å². The summed E-state index contributed by atoms with van der Waals surface area (Å²) in [7, 11) is 1.55. The molecule has 0 atom stereocenters. The lowest BCUT2D eigenvalue weighted by Crippen LogP contribution is -2.23. The number of amides is 1. The monoisotopic (exact) mass is 365 g/mol. The second-order valence-corrected chi connectivity index (χ2v) is 6.51. The lowest BCUT2D eigenvalue weighted by atomic mass is 10.1. The fourth-order valence-electron chi connectivity index (χ4n) is 2.45. The molecule has 2 aromatic rings. The van der Waals surface area contributed by atoms with E-state index in [2.05, 4.69) is 29.4 Å². The van der Waals surface area contributed by atoms with Crippen LogP contribution in [0, 0.1) is 5.92 Å². The van der Waals surface area contributed by atoms with Crippen LogP contribution in [0.2, 0.25) is 5.02 Å².